The fourth-order valence-corrected chi connectivity index (χ4v) is 3.24. The second kappa shape index (κ2) is 13.2. The second-order valence-electron chi connectivity index (χ2n) is 7.58. The SMILES string of the molecule is CCCCCCCOc1ccc(NCCNc2ccc(Oc3ccccc3)cc2)cc1. The molecule has 4 nitrogen and oxygen atoms in total. The number of benzene rings is 3. The average Bonchev–Trinajstić information content (AvgIpc) is 2.82. The van der Waals surface area contributed by atoms with Crippen molar-refractivity contribution in [1.82, 2.24) is 0 Å². The Hall–Kier alpha value is -3.14. The van der Waals surface area contributed by atoms with Gasteiger partial charge in [-0.2, -0.15) is 0 Å². The van der Waals surface area contributed by atoms with Crippen LogP contribution in [-0.4, -0.2) is 19.7 Å². The Bertz CT molecular complexity index is 849. The molecule has 0 fully saturated rings. The monoisotopic (exact) mass is 418 g/mol. The minimum atomic E-state index is 0.801. The third-order valence-corrected chi connectivity index (χ3v) is 4.99. The van der Waals surface area contributed by atoms with E-state index in [4.69, 9.17) is 9.47 Å². The molecular weight excluding hydrogens is 384 g/mol. The van der Waals surface area contributed by atoms with E-state index in [0.717, 1.165) is 54.7 Å². The molecule has 31 heavy (non-hydrogen) atoms. The van der Waals surface area contributed by atoms with Crippen LogP contribution in [-0.2, 0) is 0 Å². The van der Waals surface area contributed by atoms with Crippen LogP contribution < -0.4 is 20.1 Å². The molecule has 3 rings (SSSR count). The van der Waals surface area contributed by atoms with Gasteiger partial charge in [-0.05, 0) is 67.1 Å². The van der Waals surface area contributed by atoms with Crippen molar-refractivity contribution in [3.05, 3.63) is 78.9 Å². The Morgan fingerprint density at radius 2 is 1.13 bits per heavy atom. The van der Waals surface area contributed by atoms with Gasteiger partial charge < -0.3 is 20.1 Å². The zero-order valence-electron chi connectivity index (χ0n) is 18.5. The van der Waals surface area contributed by atoms with E-state index >= 15 is 0 Å². The molecule has 0 saturated heterocycles. The predicted octanol–water partition coefficient (Wildman–Crippen LogP) is 7.35. The maximum atomic E-state index is 5.82. The third kappa shape index (κ3) is 8.63. The predicted molar refractivity (Wildman–Crippen MR) is 131 cm³/mol. The van der Waals surface area contributed by atoms with Crippen LogP contribution in [0.4, 0.5) is 11.4 Å². The lowest BCUT2D eigenvalue weighted by molar-refractivity contribution is 0.304. The van der Waals surface area contributed by atoms with Crippen molar-refractivity contribution in [2.45, 2.75) is 39.0 Å². The molecule has 0 unspecified atom stereocenters. The summed E-state index contributed by atoms with van der Waals surface area (Å²) in [7, 11) is 0. The molecule has 0 aliphatic carbocycles. The molecular formula is C27H34N2O2. The maximum absolute atomic E-state index is 5.82. The second-order valence-corrected chi connectivity index (χ2v) is 7.58. The van der Waals surface area contributed by atoms with Gasteiger partial charge in [-0.3, -0.25) is 0 Å². The minimum absolute atomic E-state index is 0.801. The smallest absolute Gasteiger partial charge is 0.127 e. The lowest BCUT2D eigenvalue weighted by atomic mass is 10.2. The van der Waals surface area contributed by atoms with Gasteiger partial charge in [0.1, 0.15) is 17.2 Å². The highest BCUT2D eigenvalue weighted by Gasteiger charge is 1.99. The summed E-state index contributed by atoms with van der Waals surface area (Å²) in [6.45, 7) is 4.70. The molecule has 0 aliphatic heterocycles. The van der Waals surface area contributed by atoms with Crippen molar-refractivity contribution < 1.29 is 9.47 Å². The molecule has 3 aromatic carbocycles. The number of unbranched alkanes of at least 4 members (excludes halogenated alkanes) is 4. The highest BCUT2D eigenvalue weighted by molar-refractivity contribution is 5.49. The third-order valence-electron chi connectivity index (χ3n) is 4.99. The van der Waals surface area contributed by atoms with Crippen molar-refractivity contribution >= 4 is 11.4 Å². The number of hydrogen-bond donors (Lipinski definition) is 2. The molecule has 0 radical (unpaired) electrons. The van der Waals surface area contributed by atoms with Crippen LogP contribution in [0.25, 0.3) is 0 Å². The van der Waals surface area contributed by atoms with Gasteiger partial charge in [0.2, 0.25) is 0 Å². The van der Waals surface area contributed by atoms with Crippen LogP contribution in [0.3, 0.4) is 0 Å². The molecule has 4 heteroatoms. The fourth-order valence-electron chi connectivity index (χ4n) is 3.24. The van der Waals surface area contributed by atoms with Gasteiger partial charge in [-0.25, -0.2) is 0 Å². The largest absolute Gasteiger partial charge is 0.494 e. The molecule has 0 amide bonds. The first-order valence-electron chi connectivity index (χ1n) is 11.4. The molecule has 3 aromatic rings. The minimum Gasteiger partial charge on any atom is -0.494 e. The normalized spacial score (nSPS) is 10.5. The van der Waals surface area contributed by atoms with E-state index in [1.807, 2.05) is 66.7 Å². The number of para-hydroxylation sites is 1. The zero-order chi connectivity index (χ0) is 21.6. The summed E-state index contributed by atoms with van der Waals surface area (Å²) in [5, 5.41) is 6.86. The topological polar surface area (TPSA) is 42.5 Å². The molecule has 0 heterocycles. The Kier molecular flexibility index (Phi) is 9.61. The van der Waals surface area contributed by atoms with Gasteiger partial charge in [0.05, 0.1) is 6.61 Å². The molecule has 0 atom stereocenters. The van der Waals surface area contributed by atoms with Crippen LogP contribution >= 0.6 is 0 Å². The van der Waals surface area contributed by atoms with Crippen LogP contribution in [0.2, 0.25) is 0 Å². The standard InChI is InChI=1S/C27H34N2O2/c1-2-3-4-5-9-22-30-25-16-12-23(13-17-25)28-20-21-29-24-14-18-27(19-15-24)31-26-10-7-6-8-11-26/h6-8,10-19,28-29H,2-5,9,20-22H2,1H3. The van der Waals surface area contributed by atoms with E-state index in [1.165, 1.54) is 25.7 Å². The van der Waals surface area contributed by atoms with Crippen molar-refractivity contribution in [2.75, 3.05) is 30.3 Å². The van der Waals surface area contributed by atoms with E-state index in [9.17, 15) is 0 Å². The van der Waals surface area contributed by atoms with Crippen LogP contribution in [0.15, 0.2) is 78.9 Å². The maximum Gasteiger partial charge on any atom is 0.127 e. The van der Waals surface area contributed by atoms with Crippen LogP contribution in [0.1, 0.15) is 39.0 Å². The summed E-state index contributed by atoms with van der Waals surface area (Å²) in [5.74, 6) is 2.62. The van der Waals surface area contributed by atoms with E-state index in [2.05, 4.69) is 29.7 Å². The summed E-state index contributed by atoms with van der Waals surface area (Å²) in [6, 6.07) is 26.0. The van der Waals surface area contributed by atoms with Crippen LogP contribution in [0, 0.1) is 0 Å². The van der Waals surface area contributed by atoms with E-state index in [0.29, 0.717) is 0 Å². The Morgan fingerprint density at radius 3 is 1.74 bits per heavy atom. The van der Waals surface area contributed by atoms with Crippen molar-refractivity contribution in [2.24, 2.45) is 0 Å². The summed E-state index contributed by atoms with van der Waals surface area (Å²) in [4.78, 5) is 0. The average molecular weight is 419 g/mol. The molecule has 0 bridgehead atoms. The fraction of sp³-hybridized carbons (Fsp3) is 0.333. The van der Waals surface area contributed by atoms with Gasteiger partial charge in [0.25, 0.3) is 0 Å². The number of hydrogen-bond acceptors (Lipinski definition) is 4. The van der Waals surface area contributed by atoms with E-state index in [-0.39, 0.29) is 0 Å². The number of anilines is 2. The van der Waals surface area contributed by atoms with Crippen LogP contribution in [0.5, 0.6) is 17.2 Å². The van der Waals surface area contributed by atoms with E-state index < -0.39 is 0 Å². The lowest BCUT2D eigenvalue weighted by Gasteiger charge is -2.11. The molecule has 2 N–H and O–H groups in total. The number of ether oxygens (including phenoxy) is 2. The lowest BCUT2D eigenvalue weighted by Crippen LogP contribution is -2.13. The quantitative estimate of drug-likeness (QED) is 0.269. The highest BCUT2D eigenvalue weighted by atomic mass is 16.5. The van der Waals surface area contributed by atoms with Gasteiger partial charge in [-0.15, -0.1) is 0 Å². The summed E-state index contributed by atoms with van der Waals surface area (Å²) < 4.78 is 11.6. The van der Waals surface area contributed by atoms with Crippen molar-refractivity contribution in [1.29, 1.82) is 0 Å². The number of nitrogens with one attached hydrogen (secondary N) is 2. The first-order chi connectivity index (χ1) is 15.3. The zero-order valence-corrected chi connectivity index (χ0v) is 18.5. The Balaban J connectivity index is 1.30. The molecule has 164 valence electrons. The van der Waals surface area contributed by atoms with Gasteiger partial charge in [-0.1, -0.05) is 50.8 Å². The van der Waals surface area contributed by atoms with Gasteiger partial charge in [0, 0.05) is 24.5 Å². The summed E-state index contributed by atoms with van der Waals surface area (Å²) in [5.41, 5.74) is 2.17. The molecule has 0 spiro atoms. The molecule has 0 aliphatic rings. The Labute approximate surface area is 186 Å². The van der Waals surface area contributed by atoms with Gasteiger partial charge >= 0.3 is 0 Å². The van der Waals surface area contributed by atoms with Crippen molar-refractivity contribution in [3.8, 4) is 17.2 Å². The van der Waals surface area contributed by atoms with Gasteiger partial charge in [0.15, 0.2) is 0 Å². The first-order valence-corrected chi connectivity index (χ1v) is 11.4. The highest BCUT2D eigenvalue weighted by Crippen LogP contribution is 2.22. The molecule has 0 aromatic heterocycles. The Morgan fingerprint density at radius 1 is 0.581 bits per heavy atom. The molecule has 0 saturated carbocycles. The first kappa shape index (κ1) is 22.5. The summed E-state index contributed by atoms with van der Waals surface area (Å²) in [6.07, 6.45) is 6.29. The summed E-state index contributed by atoms with van der Waals surface area (Å²) >= 11 is 0. The van der Waals surface area contributed by atoms with Crippen molar-refractivity contribution in [3.63, 3.8) is 0 Å². The van der Waals surface area contributed by atoms with E-state index in [1.54, 1.807) is 0 Å². The number of rotatable bonds is 14.